The largest absolute Gasteiger partial charge is 0.378 e. The predicted molar refractivity (Wildman–Crippen MR) is 69.6 cm³/mol. The molecule has 4 nitrogen and oxygen atoms in total. The Morgan fingerprint density at radius 1 is 1.26 bits per heavy atom. The number of ketones is 1. The van der Waals surface area contributed by atoms with Crippen LogP contribution in [0.4, 0.5) is 0 Å². The molecule has 0 amide bonds. The summed E-state index contributed by atoms with van der Waals surface area (Å²) in [4.78, 5) is 12.0. The minimum Gasteiger partial charge on any atom is -0.378 e. The van der Waals surface area contributed by atoms with E-state index in [1.54, 1.807) is 0 Å². The van der Waals surface area contributed by atoms with E-state index in [1.807, 2.05) is 6.92 Å². The van der Waals surface area contributed by atoms with Gasteiger partial charge in [-0.25, -0.2) is 0 Å². The van der Waals surface area contributed by atoms with Gasteiger partial charge in [0.15, 0.2) is 5.79 Å². The number of rotatable bonds is 2. The van der Waals surface area contributed by atoms with Crippen molar-refractivity contribution in [2.75, 3.05) is 6.61 Å². The van der Waals surface area contributed by atoms with Gasteiger partial charge in [0.2, 0.25) is 0 Å². The Bertz CT molecular complexity index is 363. The number of ether oxygens (including phenoxy) is 2. The van der Waals surface area contributed by atoms with Crippen molar-refractivity contribution >= 4 is 5.78 Å². The molecule has 1 saturated carbocycles. The molecule has 0 aromatic carbocycles. The minimum atomic E-state index is -1.23. The standard InChI is InChI=1S/C15H24O4/c1-14-7-5-12(10-11-4-2-3-9-18-11)19-15(14,17)8-6-13(14)16/h11-12,17H,2-10H2,1H3. The first-order valence-corrected chi connectivity index (χ1v) is 7.59. The Balaban J connectivity index is 1.64. The van der Waals surface area contributed by atoms with Gasteiger partial charge in [-0.15, -0.1) is 0 Å². The number of carbonyl (C=O) groups is 1. The fourth-order valence-corrected chi connectivity index (χ4v) is 3.81. The maximum absolute atomic E-state index is 12.0. The molecule has 3 aliphatic rings. The zero-order valence-corrected chi connectivity index (χ0v) is 11.7. The van der Waals surface area contributed by atoms with Crippen LogP contribution in [0, 0.1) is 5.41 Å². The Kier molecular flexibility index (Phi) is 3.44. The van der Waals surface area contributed by atoms with Crippen LogP contribution in [0.25, 0.3) is 0 Å². The second-order valence-corrected chi connectivity index (χ2v) is 6.54. The number of Topliss-reactive ketones (excluding diaryl/α,β-unsaturated/α-hetero) is 1. The summed E-state index contributed by atoms with van der Waals surface area (Å²) in [6.07, 6.45) is 7.10. The third-order valence-electron chi connectivity index (χ3n) is 5.30. The van der Waals surface area contributed by atoms with Crippen molar-refractivity contribution in [1.29, 1.82) is 0 Å². The van der Waals surface area contributed by atoms with E-state index in [4.69, 9.17) is 9.47 Å². The van der Waals surface area contributed by atoms with E-state index >= 15 is 0 Å². The van der Waals surface area contributed by atoms with Crippen molar-refractivity contribution in [3.05, 3.63) is 0 Å². The van der Waals surface area contributed by atoms with Crippen molar-refractivity contribution in [1.82, 2.24) is 0 Å². The first-order valence-electron chi connectivity index (χ1n) is 7.59. The van der Waals surface area contributed by atoms with Crippen LogP contribution in [0.3, 0.4) is 0 Å². The number of hydrogen-bond donors (Lipinski definition) is 1. The van der Waals surface area contributed by atoms with E-state index in [-0.39, 0.29) is 18.0 Å². The zero-order chi connectivity index (χ0) is 13.5. The van der Waals surface area contributed by atoms with E-state index in [0.29, 0.717) is 12.8 Å². The highest BCUT2D eigenvalue weighted by Gasteiger charge is 2.60. The molecule has 4 heteroatoms. The van der Waals surface area contributed by atoms with Crippen molar-refractivity contribution < 1.29 is 19.4 Å². The lowest BCUT2D eigenvalue weighted by Crippen LogP contribution is -2.53. The molecule has 2 saturated heterocycles. The monoisotopic (exact) mass is 268 g/mol. The van der Waals surface area contributed by atoms with Crippen molar-refractivity contribution in [2.24, 2.45) is 5.41 Å². The zero-order valence-electron chi connectivity index (χ0n) is 11.7. The van der Waals surface area contributed by atoms with Crippen LogP contribution < -0.4 is 0 Å². The Morgan fingerprint density at radius 2 is 2.11 bits per heavy atom. The molecule has 1 aliphatic carbocycles. The molecule has 4 atom stereocenters. The smallest absolute Gasteiger partial charge is 0.178 e. The molecule has 0 aromatic heterocycles. The van der Waals surface area contributed by atoms with Crippen LogP contribution in [0.1, 0.15) is 58.3 Å². The lowest BCUT2D eigenvalue weighted by atomic mass is 9.75. The van der Waals surface area contributed by atoms with Crippen LogP contribution in [0.2, 0.25) is 0 Å². The summed E-state index contributed by atoms with van der Waals surface area (Å²) >= 11 is 0. The minimum absolute atomic E-state index is 0.0343. The summed E-state index contributed by atoms with van der Waals surface area (Å²) < 4.78 is 11.7. The van der Waals surface area contributed by atoms with Gasteiger partial charge in [0.25, 0.3) is 0 Å². The molecule has 108 valence electrons. The molecule has 0 spiro atoms. The molecule has 19 heavy (non-hydrogen) atoms. The normalized spacial score (nSPS) is 47.2. The summed E-state index contributed by atoms with van der Waals surface area (Å²) in [5.41, 5.74) is -0.684. The summed E-state index contributed by atoms with van der Waals surface area (Å²) in [5, 5.41) is 10.7. The average molecular weight is 268 g/mol. The Hall–Kier alpha value is -0.450. The first-order chi connectivity index (χ1) is 9.03. The van der Waals surface area contributed by atoms with Crippen LogP contribution in [0.5, 0.6) is 0 Å². The van der Waals surface area contributed by atoms with E-state index in [0.717, 1.165) is 38.7 Å². The van der Waals surface area contributed by atoms with Gasteiger partial charge in [0.1, 0.15) is 5.78 Å². The summed E-state index contributed by atoms with van der Waals surface area (Å²) in [7, 11) is 0. The van der Waals surface area contributed by atoms with Gasteiger partial charge in [0.05, 0.1) is 17.6 Å². The number of fused-ring (bicyclic) bond motifs is 1. The number of hydrogen-bond acceptors (Lipinski definition) is 4. The molecule has 1 N–H and O–H groups in total. The molecule has 2 heterocycles. The fraction of sp³-hybridized carbons (Fsp3) is 0.933. The van der Waals surface area contributed by atoms with Crippen molar-refractivity contribution in [2.45, 2.75) is 76.3 Å². The van der Waals surface area contributed by atoms with Crippen LogP contribution >= 0.6 is 0 Å². The van der Waals surface area contributed by atoms with Crippen LogP contribution in [-0.2, 0) is 14.3 Å². The van der Waals surface area contributed by atoms with Gasteiger partial charge in [-0.1, -0.05) is 0 Å². The lowest BCUT2D eigenvalue weighted by Gasteiger charge is -2.46. The highest BCUT2D eigenvalue weighted by Crippen LogP contribution is 2.52. The molecular weight excluding hydrogens is 244 g/mol. The highest BCUT2D eigenvalue weighted by atomic mass is 16.6. The second-order valence-electron chi connectivity index (χ2n) is 6.54. The van der Waals surface area contributed by atoms with Crippen LogP contribution in [-0.4, -0.2) is 35.5 Å². The maximum atomic E-state index is 12.0. The molecular formula is C15H24O4. The quantitative estimate of drug-likeness (QED) is 0.834. The van der Waals surface area contributed by atoms with Gasteiger partial charge in [-0.05, 0) is 45.4 Å². The third-order valence-corrected chi connectivity index (χ3v) is 5.30. The summed E-state index contributed by atoms with van der Waals surface area (Å²) in [6.45, 7) is 2.70. The Labute approximate surface area is 114 Å². The molecule has 3 rings (SSSR count). The maximum Gasteiger partial charge on any atom is 0.178 e. The van der Waals surface area contributed by atoms with E-state index in [9.17, 15) is 9.90 Å². The highest BCUT2D eigenvalue weighted by molar-refractivity contribution is 5.88. The SMILES string of the molecule is CC12CCC(CC3CCCCO3)OC1(O)CCC2=O. The van der Waals surface area contributed by atoms with Crippen LogP contribution in [0.15, 0.2) is 0 Å². The second kappa shape index (κ2) is 4.83. The van der Waals surface area contributed by atoms with Gasteiger partial charge < -0.3 is 14.6 Å². The molecule has 2 aliphatic heterocycles. The van der Waals surface area contributed by atoms with Gasteiger partial charge in [0, 0.05) is 19.4 Å². The van der Waals surface area contributed by atoms with E-state index in [2.05, 4.69) is 0 Å². The van der Waals surface area contributed by atoms with E-state index in [1.165, 1.54) is 6.42 Å². The summed E-state index contributed by atoms with van der Waals surface area (Å²) in [5.74, 6) is -1.08. The lowest BCUT2D eigenvalue weighted by molar-refractivity contribution is -0.299. The molecule has 0 radical (unpaired) electrons. The molecule has 0 aromatic rings. The Morgan fingerprint density at radius 3 is 2.84 bits per heavy atom. The number of carbonyl (C=O) groups excluding carboxylic acids is 1. The van der Waals surface area contributed by atoms with E-state index < -0.39 is 11.2 Å². The van der Waals surface area contributed by atoms with Crippen molar-refractivity contribution in [3.63, 3.8) is 0 Å². The molecule has 4 unspecified atom stereocenters. The van der Waals surface area contributed by atoms with Gasteiger partial charge >= 0.3 is 0 Å². The first kappa shape index (κ1) is 13.5. The fourth-order valence-electron chi connectivity index (χ4n) is 3.81. The summed E-state index contributed by atoms with van der Waals surface area (Å²) in [6, 6.07) is 0. The molecule has 0 bridgehead atoms. The van der Waals surface area contributed by atoms with Gasteiger partial charge in [-0.2, -0.15) is 0 Å². The molecule has 3 fully saturated rings. The number of aliphatic hydroxyl groups is 1. The van der Waals surface area contributed by atoms with Crippen molar-refractivity contribution in [3.8, 4) is 0 Å². The topological polar surface area (TPSA) is 55.8 Å². The average Bonchev–Trinajstić information content (AvgIpc) is 2.64. The van der Waals surface area contributed by atoms with Gasteiger partial charge in [-0.3, -0.25) is 4.79 Å². The third kappa shape index (κ3) is 2.24. The predicted octanol–water partition coefficient (Wildman–Crippen LogP) is 2.18.